The summed E-state index contributed by atoms with van der Waals surface area (Å²) in [4.78, 5) is 24.4. The zero-order valence-corrected chi connectivity index (χ0v) is 17.0. The number of hydrazone groups is 1. The fraction of sp³-hybridized carbons (Fsp3) is 0.227. The summed E-state index contributed by atoms with van der Waals surface area (Å²) >= 11 is 0. The van der Waals surface area contributed by atoms with Crippen LogP contribution in [-0.4, -0.2) is 43.5 Å². The molecule has 0 fully saturated rings. The van der Waals surface area contributed by atoms with Gasteiger partial charge in [0, 0.05) is 28.7 Å². The van der Waals surface area contributed by atoms with Crippen molar-refractivity contribution in [1.29, 1.82) is 0 Å². The number of methoxy groups -OCH3 is 2. The number of benzene rings is 2. The van der Waals surface area contributed by atoms with Crippen molar-refractivity contribution in [1.82, 2.24) is 9.99 Å². The Morgan fingerprint density at radius 2 is 1.93 bits per heavy atom. The number of esters is 1. The largest absolute Gasteiger partial charge is 0.497 e. The Kier molecular flexibility index (Phi) is 6.69. The lowest BCUT2D eigenvalue weighted by atomic mass is 10.2. The Morgan fingerprint density at radius 3 is 2.67 bits per heavy atom. The molecular weight excluding hydrogens is 386 g/mol. The van der Waals surface area contributed by atoms with Crippen LogP contribution in [0.1, 0.15) is 22.8 Å². The monoisotopic (exact) mass is 409 g/mol. The summed E-state index contributed by atoms with van der Waals surface area (Å²) in [6.45, 7) is 2.19. The average Bonchev–Trinajstić information content (AvgIpc) is 3.10. The van der Waals surface area contributed by atoms with Crippen LogP contribution in [0.2, 0.25) is 0 Å². The average molecular weight is 409 g/mol. The van der Waals surface area contributed by atoms with E-state index in [-0.39, 0.29) is 12.5 Å². The Bertz CT molecular complexity index is 1090. The fourth-order valence-electron chi connectivity index (χ4n) is 3.06. The normalized spacial score (nSPS) is 10.9. The topological polar surface area (TPSA) is 91.2 Å². The highest BCUT2D eigenvalue weighted by Crippen LogP contribution is 2.24. The van der Waals surface area contributed by atoms with E-state index >= 15 is 0 Å². The molecule has 0 radical (unpaired) electrons. The van der Waals surface area contributed by atoms with Crippen molar-refractivity contribution in [2.45, 2.75) is 13.5 Å². The number of carbonyl (C=O) groups excluding carboxylic acids is 2. The van der Waals surface area contributed by atoms with Crippen LogP contribution in [0.3, 0.4) is 0 Å². The van der Waals surface area contributed by atoms with E-state index in [1.807, 2.05) is 24.3 Å². The molecule has 2 aromatic carbocycles. The van der Waals surface area contributed by atoms with Crippen LogP contribution in [0.15, 0.2) is 53.8 Å². The summed E-state index contributed by atoms with van der Waals surface area (Å²) < 4.78 is 17.2. The van der Waals surface area contributed by atoms with Crippen molar-refractivity contribution in [2.75, 3.05) is 20.8 Å². The van der Waals surface area contributed by atoms with Gasteiger partial charge < -0.3 is 18.8 Å². The molecule has 1 N–H and O–H groups in total. The smallest absolute Gasteiger partial charge is 0.325 e. The van der Waals surface area contributed by atoms with Crippen LogP contribution in [0, 0.1) is 0 Å². The lowest BCUT2D eigenvalue weighted by Gasteiger charge is -2.08. The molecule has 0 saturated carbocycles. The molecule has 0 bridgehead atoms. The highest BCUT2D eigenvalue weighted by atomic mass is 16.5. The molecule has 0 aliphatic heterocycles. The van der Waals surface area contributed by atoms with Gasteiger partial charge >= 0.3 is 5.97 Å². The lowest BCUT2D eigenvalue weighted by Crippen LogP contribution is -2.18. The van der Waals surface area contributed by atoms with Crippen molar-refractivity contribution >= 4 is 29.0 Å². The Balaban J connectivity index is 1.79. The molecule has 3 aromatic rings. The van der Waals surface area contributed by atoms with Gasteiger partial charge in [-0.25, -0.2) is 5.43 Å². The first-order valence-corrected chi connectivity index (χ1v) is 9.36. The molecule has 0 unspecified atom stereocenters. The maximum absolute atomic E-state index is 12.5. The zero-order valence-electron chi connectivity index (χ0n) is 17.0. The standard InChI is InChI=1S/C22H23N3O5/c1-4-30-21(26)14-25-13-15(17-7-5-6-8-19(17)25)12-23-24-22(27)18-10-9-16(28-2)11-20(18)29-3/h5-13H,4,14H2,1-3H3,(H,24,27). The third kappa shape index (κ3) is 4.60. The third-order valence-corrected chi connectivity index (χ3v) is 4.45. The van der Waals surface area contributed by atoms with Crippen LogP contribution in [0.5, 0.6) is 11.5 Å². The lowest BCUT2D eigenvalue weighted by molar-refractivity contribution is -0.143. The molecule has 0 atom stereocenters. The first kappa shape index (κ1) is 20.9. The Hall–Kier alpha value is -3.81. The molecule has 1 aromatic heterocycles. The fourth-order valence-corrected chi connectivity index (χ4v) is 3.06. The predicted octanol–water partition coefficient (Wildman–Crippen LogP) is 2.99. The van der Waals surface area contributed by atoms with Crippen LogP contribution < -0.4 is 14.9 Å². The van der Waals surface area contributed by atoms with Gasteiger partial charge in [0.1, 0.15) is 18.0 Å². The second kappa shape index (κ2) is 9.60. The molecule has 8 nitrogen and oxygen atoms in total. The first-order chi connectivity index (χ1) is 14.6. The van der Waals surface area contributed by atoms with E-state index in [0.717, 1.165) is 16.5 Å². The molecule has 0 aliphatic carbocycles. The number of fused-ring (bicyclic) bond motifs is 1. The highest BCUT2D eigenvalue weighted by molar-refractivity contribution is 6.01. The number of ether oxygens (including phenoxy) is 3. The second-order valence-corrected chi connectivity index (χ2v) is 6.30. The molecule has 8 heteroatoms. The van der Waals surface area contributed by atoms with Gasteiger partial charge in [0.2, 0.25) is 0 Å². The van der Waals surface area contributed by atoms with Crippen LogP contribution in [-0.2, 0) is 16.1 Å². The number of aromatic nitrogens is 1. The molecule has 0 saturated heterocycles. The molecule has 1 amide bonds. The van der Waals surface area contributed by atoms with E-state index in [4.69, 9.17) is 14.2 Å². The Morgan fingerprint density at radius 1 is 1.13 bits per heavy atom. The zero-order chi connectivity index (χ0) is 21.5. The van der Waals surface area contributed by atoms with Crippen molar-refractivity contribution in [2.24, 2.45) is 5.10 Å². The number of rotatable bonds is 8. The van der Waals surface area contributed by atoms with E-state index in [1.165, 1.54) is 20.4 Å². The number of hydrogen-bond acceptors (Lipinski definition) is 6. The summed E-state index contributed by atoms with van der Waals surface area (Å²) in [7, 11) is 3.02. The van der Waals surface area contributed by atoms with Gasteiger partial charge in [-0.15, -0.1) is 0 Å². The maximum atomic E-state index is 12.5. The maximum Gasteiger partial charge on any atom is 0.325 e. The van der Waals surface area contributed by atoms with Gasteiger partial charge in [-0.1, -0.05) is 18.2 Å². The highest BCUT2D eigenvalue weighted by Gasteiger charge is 2.13. The quantitative estimate of drug-likeness (QED) is 0.351. The van der Waals surface area contributed by atoms with E-state index in [2.05, 4.69) is 10.5 Å². The molecule has 0 spiro atoms. The van der Waals surface area contributed by atoms with E-state index in [9.17, 15) is 9.59 Å². The minimum atomic E-state index is -0.416. The van der Waals surface area contributed by atoms with Gasteiger partial charge in [-0.05, 0) is 25.1 Å². The van der Waals surface area contributed by atoms with Gasteiger partial charge in [0.25, 0.3) is 5.91 Å². The predicted molar refractivity (Wildman–Crippen MR) is 113 cm³/mol. The molecule has 1 heterocycles. The SMILES string of the molecule is CCOC(=O)Cn1cc(C=NNC(=O)c2ccc(OC)cc2OC)c2ccccc21. The summed E-state index contributed by atoms with van der Waals surface area (Å²) in [5.74, 6) is 0.233. The van der Waals surface area contributed by atoms with Gasteiger partial charge in [0.15, 0.2) is 0 Å². The summed E-state index contributed by atoms with van der Waals surface area (Å²) in [5, 5.41) is 4.98. The first-order valence-electron chi connectivity index (χ1n) is 9.36. The van der Waals surface area contributed by atoms with Crippen molar-refractivity contribution in [3.05, 3.63) is 59.8 Å². The van der Waals surface area contributed by atoms with Crippen LogP contribution >= 0.6 is 0 Å². The van der Waals surface area contributed by atoms with Gasteiger partial charge in [-0.2, -0.15) is 5.10 Å². The van der Waals surface area contributed by atoms with Crippen molar-refractivity contribution < 1.29 is 23.8 Å². The second-order valence-electron chi connectivity index (χ2n) is 6.30. The number of nitrogens with zero attached hydrogens (tertiary/aromatic N) is 2. The molecular formula is C22H23N3O5. The van der Waals surface area contributed by atoms with Gasteiger partial charge in [0.05, 0.1) is 32.6 Å². The summed E-state index contributed by atoms with van der Waals surface area (Å²) in [6, 6.07) is 12.5. The van der Waals surface area contributed by atoms with Crippen molar-refractivity contribution in [3.63, 3.8) is 0 Å². The molecule has 156 valence electrons. The van der Waals surface area contributed by atoms with Crippen LogP contribution in [0.25, 0.3) is 10.9 Å². The minimum Gasteiger partial charge on any atom is -0.497 e. The summed E-state index contributed by atoms with van der Waals surface area (Å²) in [5.41, 5.74) is 4.47. The van der Waals surface area contributed by atoms with Crippen LogP contribution in [0.4, 0.5) is 0 Å². The number of amides is 1. The van der Waals surface area contributed by atoms with E-state index in [0.29, 0.717) is 23.7 Å². The number of para-hydroxylation sites is 1. The number of carbonyl (C=O) groups is 2. The molecule has 30 heavy (non-hydrogen) atoms. The number of hydrogen-bond donors (Lipinski definition) is 1. The Labute approximate surface area is 174 Å². The number of nitrogens with one attached hydrogen (secondary N) is 1. The molecule has 3 rings (SSSR count). The summed E-state index contributed by atoms with van der Waals surface area (Å²) in [6.07, 6.45) is 3.34. The van der Waals surface area contributed by atoms with E-state index < -0.39 is 5.91 Å². The molecule has 0 aliphatic rings. The van der Waals surface area contributed by atoms with Crippen molar-refractivity contribution in [3.8, 4) is 11.5 Å². The van der Waals surface area contributed by atoms with E-state index in [1.54, 1.807) is 35.9 Å². The van der Waals surface area contributed by atoms with Gasteiger partial charge in [-0.3, -0.25) is 9.59 Å². The third-order valence-electron chi connectivity index (χ3n) is 4.45. The minimum absolute atomic E-state index is 0.0948.